The summed E-state index contributed by atoms with van der Waals surface area (Å²) >= 11 is 3.48. The molecule has 3 aromatic carbocycles. The molecule has 0 aliphatic rings. The number of rotatable bonds is 13. The van der Waals surface area contributed by atoms with E-state index in [1.807, 2.05) is 30.3 Å². The van der Waals surface area contributed by atoms with E-state index in [2.05, 4.69) is 49.8 Å². The van der Waals surface area contributed by atoms with E-state index >= 15 is 0 Å². The second-order valence-electron chi connectivity index (χ2n) is 11.8. The van der Waals surface area contributed by atoms with E-state index in [-0.39, 0.29) is 29.2 Å². The molecule has 220 valence electrons. The molecule has 0 amide bonds. The van der Waals surface area contributed by atoms with Crippen molar-refractivity contribution >= 4 is 36.0 Å². The Morgan fingerprint density at radius 2 is 1.61 bits per heavy atom. The van der Waals surface area contributed by atoms with Crippen LogP contribution in [-0.2, 0) is 20.6 Å². The van der Waals surface area contributed by atoms with Crippen LogP contribution >= 0.6 is 15.9 Å². The summed E-state index contributed by atoms with van der Waals surface area (Å²) in [6, 6.07) is 21.3. The molecule has 0 saturated carbocycles. The molecule has 0 heterocycles. The number of carbonyl (C=O) groups is 2. The molecule has 5 nitrogen and oxygen atoms in total. The van der Waals surface area contributed by atoms with Gasteiger partial charge in [-0.1, -0.05) is 79.2 Å². The van der Waals surface area contributed by atoms with Crippen LogP contribution < -0.4 is 4.74 Å². The van der Waals surface area contributed by atoms with Gasteiger partial charge in [-0.3, -0.25) is 9.59 Å². The van der Waals surface area contributed by atoms with Gasteiger partial charge in [-0.05, 0) is 72.4 Å². The predicted molar refractivity (Wildman–Crippen MR) is 166 cm³/mol. The monoisotopic (exact) mass is 642 g/mol. The summed E-state index contributed by atoms with van der Waals surface area (Å²) < 4.78 is 32.4. The Labute approximate surface area is 252 Å². The summed E-state index contributed by atoms with van der Waals surface area (Å²) in [5.74, 6) is -1.20. The number of methoxy groups -OCH3 is 1. The van der Waals surface area contributed by atoms with Gasteiger partial charge >= 0.3 is 5.97 Å². The van der Waals surface area contributed by atoms with Crippen molar-refractivity contribution in [3.05, 3.63) is 99.8 Å². The predicted octanol–water partition coefficient (Wildman–Crippen LogP) is 9.07. The summed E-state index contributed by atoms with van der Waals surface area (Å²) in [5, 5.41) is -0.0467. The lowest BCUT2D eigenvalue weighted by atomic mass is 9.88. The molecule has 0 bridgehead atoms. The largest absolute Gasteiger partial charge is 0.488 e. The summed E-state index contributed by atoms with van der Waals surface area (Å²) in [7, 11) is -0.901. The van der Waals surface area contributed by atoms with E-state index in [0.717, 1.165) is 15.6 Å². The van der Waals surface area contributed by atoms with Crippen LogP contribution in [0.2, 0.25) is 18.1 Å². The van der Waals surface area contributed by atoms with E-state index in [9.17, 15) is 14.0 Å². The Morgan fingerprint density at radius 3 is 2.22 bits per heavy atom. The van der Waals surface area contributed by atoms with Gasteiger partial charge in [-0.2, -0.15) is 0 Å². The number of Topliss-reactive ketones (excluding diaryl/α,β-unsaturated/α-hetero) is 1. The maximum absolute atomic E-state index is 14.0. The minimum Gasteiger partial charge on any atom is -0.488 e. The Hall–Kier alpha value is -2.81. The first-order valence-corrected chi connectivity index (χ1v) is 17.5. The highest BCUT2D eigenvalue weighted by molar-refractivity contribution is 9.10. The van der Waals surface area contributed by atoms with E-state index in [1.165, 1.54) is 19.2 Å². The molecule has 0 aliphatic heterocycles. The van der Waals surface area contributed by atoms with E-state index in [1.54, 1.807) is 30.3 Å². The third kappa shape index (κ3) is 9.35. The fourth-order valence-electron chi connectivity index (χ4n) is 4.24. The smallest absolute Gasteiger partial charge is 0.306 e. The fourth-order valence-corrected chi connectivity index (χ4v) is 5.90. The van der Waals surface area contributed by atoms with Gasteiger partial charge in [0.2, 0.25) is 0 Å². The van der Waals surface area contributed by atoms with Crippen molar-refractivity contribution in [2.75, 3.05) is 7.11 Å². The van der Waals surface area contributed by atoms with Gasteiger partial charge in [-0.15, -0.1) is 0 Å². The minimum absolute atomic E-state index is 0.0467. The zero-order chi connectivity index (χ0) is 30.2. The van der Waals surface area contributed by atoms with Gasteiger partial charge in [-0.25, -0.2) is 4.39 Å². The van der Waals surface area contributed by atoms with Crippen LogP contribution in [0.25, 0.3) is 0 Å². The number of benzene rings is 3. The summed E-state index contributed by atoms with van der Waals surface area (Å²) in [5.41, 5.74) is 2.22. The van der Waals surface area contributed by atoms with Crippen LogP contribution in [0.4, 0.5) is 4.39 Å². The zero-order valence-corrected chi connectivity index (χ0v) is 27.3. The first-order chi connectivity index (χ1) is 19.3. The third-order valence-corrected chi connectivity index (χ3v) is 12.7. The SMILES string of the molecule is COC(=O)CC(CCC(O[Si](C)(C)C(C)(C)C)c1ccc(F)cc1)C(=O)c1ccc(Br)cc1OCc1ccccc1. The molecule has 2 unspecified atom stereocenters. The van der Waals surface area contributed by atoms with Crippen LogP contribution in [0, 0.1) is 11.7 Å². The van der Waals surface area contributed by atoms with Gasteiger partial charge < -0.3 is 13.9 Å². The molecule has 0 N–H and O–H groups in total. The number of esters is 1. The van der Waals surface area contributed by atoms with Gasteiger partial charge in [0.05, 0.1) is 25.2 Å². The van der Waals surface area contributed by atoms with Gasteiger partial charge in [0, 0.05) is 10.4 Å². The molecular weight excluding hydrogens is 603 g/mol. The Bertz CT molecular complexity index is 1310. The van der Waals surface area contributed by atoms with Gasteiger partial charge in [0.15, 0.2) is 14.1 Å². The van der Waals surface area contributed by atoms with Crippen molar-refractivity contribution in [2.45, 2.75) is 70.9 Å². The summed E-state index contributed by atoms with van der Waals surface area (Å²) in [6.45, 7) is 11.1. The zero-order valence-electron chi connectivity index (χ0n) is 24.7. The Kier molecular flexibility index (Phi) is 11.5. The van der Waals surface area contributed by atoms with E-state index < -0.39 is 20.2 Å². The molecule has 3 rings (SSSR count). The van der Waals surface area contributed by atoms with E-state index in [4.69, 9.17) is 13.9 Å². The first kappa shape index (κ1) is 32.7. The number of hydrogen-bond donors (Lipinski definition) is 0. The highest BCUT2D eigenvalue weighted by Gasteiger charge is 2.40. The van der Waals surface area contributed by atoms with Crippen molar-refractivity contribution in [1.82, 2.24) is 0 Å². The Balaban J connectivity index is 1.89. The topological polar surface area (TPSA) is 61.8 Å². The molecule has 0 saturated heterocycles. The lowest BCUT2D eigenvalue weighted by Gasteiger charge is -2.39. The molecule has 0 fully saturated rings. The lowest BCUT2D eigenvalue weighted by Crippen LogP contribution is -2.42. The number of ketones is 1. The maximum Gasteiger partial charge on any atom is 0.306 e. The molecule has 0 spiro atoms. The molecular formula is C33H40BrFO5Si. The minimum atomic E-state index is -2.22. The average Bonchev–Trinajstić information content (AvgIpc) is 2.93. The number of halogens is 2. The van der Waals surface area contributed by atoms with Gasteiger partial charge in [0.25, 0.3) is 0 Å². The molecule has 41 heavy (non-hydrogen) atoms. The summed E-state index contributed by atoms with van der Waals surface area (Å²) in [4.78, 5) is 26.4. The van der Waals surface area contributed by atoms with Crippen LogP contribution in [0.1, 0.15) is 67.6 Å². The van der Waals surface area contributed by atoms with Crippen LogP contribution in [-0.4, -0.2) is 27.2 Å². The van der Waals surface area contributed by atoms with Crippen molar-refractivity contribution in [1.29, 1.82) is 0 Å². The van der Waals surface area contributed by atoms with Gasteiger partial charge in [0.1, 0.15) is 18.2 Å². The normalized spacial score (nSPS) is 13.4. The second-order valence-corrected chi connectivity index (χ2v) is 17.4. The molecule has 0 aromatic heterocycles. The quantitative estimate of drug-likeness (QED) is 0.106. The molecule has 3 aromatic rings. The molecule has 8 heteroatoms. The van der Waals surface area contributed by atoms with Crippen molar-refractivity contribution in [3.8, 4) is 5.75 Å². The van der Waals surface area contributed by atoms with Crippen molar-refractivity contribution in [3.63, 3.8) is 0 Å². The Morgan fingerprint density at radius 1 is 0.951 bits per heavy atom. The first-order valence-electron chi connectivity index (χ1n) is 13.8. The van der Waals surface area contributed by atoms with Crippen LogP contribution in [0.5, 0.6) is 5.75 Å². The number of hydrogen-bond acceptors (Lipinski definition) is 5. The summed E-state index contributed by atoms with van der Waals surface area (Å²) in [6.07, 6.45) is 0.420. The fraction of sp³-hybridized carbons (Fsp3) is 0.394. The number of carbonyl (C=O) groups excluding carboxylic acids is 2. The number of ether oxygens (including phenoxy) is 2. The van der Waals surface area contributed by atoms with Crippen molar-refractivity contribution < 1.29 is 27.9 Å². The standard InChI is InChI=1S/C33H40BrFO5Si/c1-33(2,3)41(5,6)40-29(24-12-16-27(35)17-13-24)19-14-25(20-31(36)38-4)32(37)28-18-15-26(34)21-30(28)39-22-23-10-8-7-9-11-23/h7-13,15-18,21,25,29H,14,19-20,22H2,1-6H3. The van der Waals surface area contributed by atoms with Crippen LogP contribution in [0.3, 0.4) is 0 Å². The molecule has 0 radical (unpaired) electrons. The van der Waals surface area contributed by atoms with E-state index in [0.29, 0.717) is 30.8 Å². The average molecular weight is 644 g/mol. The van der Waals surface area contributed by atoms with Crippen LogP contribution in [0.15, 0.2) is 77.3 Å². The maximum atomic E-state index is 14.0. The molecule has 2 atom stereocenters. The molecule has 0 aliphatic carbocycles. The third-order valence-electron chi connectivity index (χ3n) is 7.72. The van der Waals surface area contributed by atoms with Crippen molar-refractivity contribution in [2.24, 2.45) is 5.92 Å². The second kappa shape index (κ2) is 14.4. The highest BCUT2D eigenvalue weighted by Crippen LogP contribution is 2.41. The lowest BCUT2D eigenvalue weighted by molar-refractivity contribution is -0.141. The highest BCUT2D eigenvalue weighted by atomic mass is 79.9.